The second-order valence-electron chi connectivity index (χ2n) is 27.7. The van der Waals surface area contributed by atoms with Crippen molar-refractivity contribution in [1.82, 2.24) is 58.6 Å². The number of fused-ring (bicyclic) bond motifs is 9. The number of para-hydroxylation sites is 4. The van der Waals surface area contributed by atoms with Gasteiger partial charge in [0.15, 0.2) is 52.4 Å². The van der Waals surface area contributed by atoms with Crippen LogP contribution >= 0.6 is 0 Å². The Hall–Kier alpha value is -15.3. The van der Waals surface area contributed by atoms with Crippen molar-refractivity contribution in [2.75, 3.05) is 0 Å². The second-order valence-corrected chi connectivity index (χ2v) is 27.7. The topological polar surface area (TPSA) is 131 Å². The highest BCUT2D eigenvalue weighted by Gasteiger charge is 2.27. The van der Waals surface area contributed by atoms with Crippen LogP contribution in [0.1, 0.15) is 0 Å². The van der Waals surface area contributed by atoms with Crippen molar-refractivity contribution in [2.45, 2.75) is 0 Å². The van der Waals surface area contributed by atoms with Crippen LogP contribution in [0.2, 0.25) is 0 Å². The number of rotatable bonds is 14. The Kier molecular flexibility index (Phi) is 15.6. The molecule has 0 aliphatic rings. The summed E-state index contributed by atoms with van der Waals surface area (Å²) in [7, 11) is 0. The van der Waals surface area contributed by atoms with Crippen LogP contribution in [0.15, 0.2) is 376 Å². The number of nitrogens with zero attached hydrogens (tertiary/aromatic N) is 12. The molecule has 111 heavy (non-hydrogen) atoms. The predicted octanol–water partition coefficient (Wildman–Crippen LogP) is 23.9. The van der Waals surface area contributed by atoms with E-state index in [-0.39, 0.29) is 0 Å². The van der Waals surface area contributed by atoms with Gasteiger partial charge in [-0.3, -0.25) is 0 Å². The number of hydrogen-bond acceptors (Lipinski definition) is 9. The van der Waals surface area contributed by atoms with Gasteiger partial charge in [0, 0.05) is 105 Å². The molecule has 12 heteroatoms. The van der Waals surface area contributed by atoms with Crippen LogP contribution in [-0.4, -0.2) is 58.6 Å². The van der Waals surface area contributed by atoms with Gasteiger partial charge in [-0.2, -0.15) is 0 Å². The van der Waals surface area contributed by atoms with E-state index < -0.39 is 0 Å². The van der Waals surface area contributed by atoms with Crippen LogP contribution in [0.5, 0.6) is 0 Å². The molecule has 518 valence electrons. The molecule has 0 atom stereocenters. The minimum atomic E-state index is 0.509. The van der Waals surface area contributed by atoms with Crippen LogP contribution in [-0.2, 0) is 0 Å². The molecule has 21 rings (SSSR count). The lowest BCUT2D eigenvalue weighted by Gasteiger charge is -2.22. The molecule has 6 aromatic heterocycles. The van der Waals surface area contributed by atoms with Crippen molar-refractivity contribution < 1.29 is 0 Å². The monoisotopic (exact) mass is 1420 g/mol. The Labute approximate surface area is 638 Å². The number of aromatic nitrogens is 12. The van der Waals surface area contributed by atoms with Crippen LogP contribution in [0, 0.1) is 0 Å². The molecular weight excluding hydrogens is 1360 g/mol. The molecular formula is C99H62N12. The van der Waals surface area contributed by atoms with Crippen molar-refractivity contribution in [3.05, 3.63) is 376 Å². The van der Waals surface area contributed by atoms with Crippen molar-refractivity contribution in [1.29, 1.82) is 0 Å². The predicted molar refractivity (Wildman–Crippen MR) is 449 cm³/mol. The van der Waals surface area contributed by atoms with Crippen molar-refractivity contribution in [3.63, 3.8) is 0 Å². The first kappa shape index (κ1) is 64.1. The fourth-order valence-corrected chi connectivity index (χ4v) is 15.8. The Morgan fingerprint density at radius 3 is 0.667 bits per heavy atom. The molecule has 0 aliphatic heterocycles. The van der Waals surface area contributed by atoms with Gasteiger partial charge in [-0.25, -0.2) is 44.9 Å². The van der Waals surface area contributed by atoms with E-state index in [4.69, 9.17) is 44.9 Å². The maximum absolute atomic E-state index is 5.52. The fraction of sp³-hybridized carbons (Fsp3) is 0. The number of benzene rings is 15. The number of hydrogen-bond donors (Lipinski definition) is 0. The summed E-state index contributed by atoms with van der Waals surface area (Å²) in [5, 5.41) is 6.55. The van der Waals surface area contributed by atoms with Crippen molar-refractivity contribution in [2.24, 2.45) is 0 Å². The molecule has 0 saturated carbocycles. The first-order valence-corrected chi connectivity index (χ1v) is 37.1. The summed E-state index contributed by atoms with van der Waals surface area (Å²) in [5.74, 6) is 4.91. The third kappa shape index (κ3) is 11.4. The molecule has 0 aliphatic carbocycles. The van der Waals surface area contributed by atoms with Gasteiger partial charge >= 0.3 is 0 Å². The van der Waals surface area contributed by atoms with E-state index >= 15 is 0 Å². The van der Waals surface area contributed by atoms with Crippen LogP contribution in [0.25, 0.3) is 207 Å². The molecule has 0 radical (unpaired) electrons. The van der Waals surface area contributed by atoms with E-state index in [9.17, 15) is 0 Å². The molecule has 21 aromatic rings. The van der Waals surface area contributed by atoms with Gasteiger partial charge in [0.05, 0.1) is 38.8 Å². The maximum Gasteiger partial charge on any atom is 0.164 e. The van der Waals surface area contributed by atoms with Crippen LogP contribution in [0.3, 0.4) is 0 Å². The zero-order valence-corrected chi connectivity index (χ0v) is 59.7. The lowest BCUT2D eigenvalue weighted by molar-refractivity contribution is 1.07. The van der Waals surface area contributed by atoms with E-state index in [1.165, 1.54) is 21.5 Å². The third-order valence-corrected chi connectivity index (χ3v) is 21.0. The Morgan fingerprint density at radius 1 is 0.144 bits per heavy atom. The second kappa shape index (κ2) is 26.9. The molecule has 0 saturated heterocycles. The minimum Gasteiger partial charge on any atom is -0.309 e. The summed E-state index contributed by atoms with van der Waals surface area (Å²) in [6, 6.07) is 131. The van der Waals surface area contributed by atoms with Gasteiger partial charge in [0.2, 0.25) is 0 Å². The molecule has 6 heterocycles. The van der Waals surface area contributed by atoms with E-state index in [0.29, 0.717) is 52.4 Å². The molecule has 0 bridgehead atoms. The fourth-order valence-electron chi connectivity index (χ4n) is 15.8. The molecule has 0 amide bonds. The quantitative estimate of drug-likeness (QED) is 0.104. The van der Waals surface area contributed by atoms with E-state index in [2.05, 4.69) is 232 Å². The first-order valence-electron chi connectivity index (χ1n) is 37.1. The Morgan fingerprint density at radius 2 is 0.378 bits per heavy atom. The molecule has 15 aromatic carbocycles. The van der Waals surface area contributed by atoms with Gasteiger partial charge in [-0.15, -0.1) is 0 Å². The Bertz CT molecular complexity index is 6540. The lowest BCUT2D eigenvalue weighted by atomic mass is 9.92. The molecule has 0 fully saturated rings. The molecule has 0 spiro atoms. The highest BCUT2D eigenvalue weighted by atomic mass is 15.1. The summed E-state index contributed by atoms with van der Waals surface area (Å²) in [6.07, 6.45) is 0. The van der Waals surface area contributed by atoms with Crippen LogP contribution in [0.4, 0.5) is 0 Å². The van der Waals surface area contributed by atoms with Gasteiger partial charge in [0.1, 0.15) is 0 Å². The zero-order valence-electron chi connectivity index (χ0n) is 59.7. The summed E-state index contributed by atoms with van der Waals surface area (Å²) in [6.45, 7) is 0. The molecule has 0 N–H and O–H groups in total. The highest BCUT2D eigenvalue weighted by Crippen LogP contribution is 2.47. The lowest BCUT2D eigenvalue weighted by Crippen LogP contribution is -2.05. The van der Waals surface area contributed by atoms with Gasteiger partial charge in [0.25, 0.3) is 0 Å². The minimum absolute atomic E-state index is 0.509. The third-order valence-electron chi connectivity index (χ3n) is 21.0. The van der Waals surface area contributed by atoms with Gasteiger partial charge < -0.3 is 13.7 Å². The molecule has 0 unspecified atom stereocenters. The van der Waals surface area contributed by atoms with Gasteiger partial charge in [-0.1, -0.05) is 279 Å². The SMILES string of the molecule is c1ccc(-c2nc(-c3ccccc3)nc(-c3cc(-c4cccc(-n5c6ccccc6c6ccccc65)c4)c(-n4c5ccc(-c6nc(-c7ccccc7)nc(-c7ccccc7)n6)cc5c5cc(-c6nc(-c7ccccc7)nc(-c7ccccc7)n6)ccc54)c(-c4cccc(-n5c6ccccc6c6ccccc65)c4)c3)n2)cc1. The van der Waals surface area contributed by atoms with Crippen LogP contribution < -0.4 is 0 Å². The summed E-state index contributed by atoms with van der Waals surface area (Å²) in [4.78, 5) is 48.0. The van der Waals surface area contributed by atoms with Crippen molar-refractivity contribution in [3.8, 4) is 142 Å². The van der Waals surface area contributed by atoms with E-state index in [1.54, 1.807) is 0 Å². The molecule has 12 nitrogen and oxygen atoms in total. The van der Waals surface area contributed by atoms with Crippen molar-refractivity contribution >= 4 is 65.4 Å². The van der Waals surface area contributed by atoms with E-state index in [0.717, 1.165) is 133 Å². The first-order chi connectivity index (χ1) is 55.0. The van der Waals surface area contributed by atoms with Gasteiger partial charge in [-0.05, 0) is 108 Å². The summed E-state index contributed by atoms with van der Waals surface area (Å²) in [5.41, 5.74) is 20.5. The summed E-state index contributed by atoms with van der Waals surface area (Å²) < 4.78 is 7.24. The average molecular weight is 1420 g/mol. The largest absolute Gasteiger partial charge is 0.309 e. The highest BCUT2D eigenvalue weighted by molar-refractivity contribution is 6.14. The average Bonchev–Trinajstić information content (AvgIpc) is 1.62. The van der Waals surface area contributed by atoms with E-state index in [1.807, 2.05) is 158 Å². The zero-order chi connectivity index (χ0) is 73.3. The Balaban J connectivity index is 0.894. The summed E-state index contributed by atoms with van der Waals surface area (Å²) >= 11 is 0. The maximum atomic E-state index is 5.52. The smallest absolute Gasteiger partial charge is 0.164 e. The normalized spacial score (nSPS) is 11.6. The standard InChI is InChI=1S/C99H62N12/c1-7-29-63(30-8-1)91-100-92(64-31-9-2-10-32-64)104-97(103-91)71-53-55-88-82(59-71)83-60-72(98-105-93(65-33-11-3-12-34-65)101-94(106-98)66-35-13-4-14-36-66)54-56-89(83)111(88)90-80(69-41-27-43-74(57-69)109-84-49-23-19-45-76(84)77-46-20-24-50-85(77)109)61-73(99-107-95(67-37-15-5-16-38-67)102-96(108-99)68-39-17-6-18-40-68)62-81(90)70-42-28-44-75(58-70)110-86-51-25-21-47-78(86)79-48-22-26-52-87(79)110/h1-62H.